The molecule has 0 N–H and O–H groups in total. The number of hydrogen-bond donors (Lipinski definition) is 0. The lowest BCUT2D eigenvalue weighted by Crippen LogP contribution is -2.54. The number of carbonyl (C=O) groups excluding carboxylic acids is 2. The molecule has 1 aliphatic heterocycles. The van der Waals surface area contributed by atoms with Crippen molar-refractivity contribution in [3.8, 4) is 0 Å². The lowest BCUT2D eigenvalue weighted by molar-refractivity contribution is 0.149. The van der Waals surface area contributed by atoms with Crippen molar-refractivity contribution in [3.63, 3.8) is 0 Å². The second-order valence-corrected chi connectivity index (χ2v) is 5.33. The second kappa shape index (κ2) is 7.89. The molecule has 0 saturated carbocycles. The van der Waals surface area contributed by atoms with Crippen molar-refractivity contribution in [2.24, 2.45) is 0 Å². The van der Waals surface area contributed by atoms with E-state index in [9.17, 15) is 9.59 Å². The number of piperazine rings is 1. The van der Waals surface area contributed by atoms with Crippen LogP contribution in [-0.2, 0) is 0 Å². The van der Waals surface area contributed by atoms with Gasteiger partial charge in [0.1, 0.15) is 0 Å². The summed E-state index contributed by atoms with van der Waals surface area (Å²) in [5.41, 5.74) is 1.17. The van der Waals surface area contributed by atoms with E-state index >= 15 is 0 Å². The second-order valence-electron chi connectivity index (χ2n) is 5.33. The van der Waals surface area contributed by atoms with E-state index in [4.69, 9.17) is 0 Å². The number of anilines is 1. The van der Waals surface area contributed by atoms with Crippen molar-refractivity contribution < 1.29 is 9.59 Å². The minimum absolute atomic E-state index is 0. The van der Waals surface area contributed by atoms with Crippen LogP contribution in [0.4, 0.5) is 15.3 Å². The first kappa shape index (κ1) is 18.1. The van der Waals surface area contributed by atoms with E-state index in [2.05, 4.69) is 17.0 Å². The zero-order chi connectivity index (χ0) is 15.4. The Bertz CT molecular complexity index is 502. The van der Waals surface area contributed by atoms with Crippen molar-refractivity contribution in [3.05, 3.63) is 30.3 Å². The number of amides is 4. The normalized spacial score (nSPS) is 14.1. The molecule has 0 aromatic heterocycles. The van der Waals surface area contributed by atoms with Crippen LogP contribution in [0.1, 0.15) is 0 Å². The molecule has 2 rings (SSSR count). The van der Waals surface area contributed by atoms with Gasteiger partial charge in [-0.25, -0.2) is 14.5 Å². The zero-order valence-corrected chi connectivity index (χ0v) is 14.0. The Labute approximate surface area is 137 Å². The Morgan fingerprint density at radius 3 is 2.00 bits per heavy atom. The molecule has 1 fully saturated rings. The summed E-state index contributed by atoms with van der Waals surface area (Å²) < 4.78 is 0. The quantitative estimate of drug-likeness (QED) is 0.792. The van der Waals surface area contributed by atoms with E-state index in [1.165, 1.54) is 17.6 Å². The average molecular weight is 327 g/mol. The first-order valence-electron chi connectivity index (χ1n) is 7.04. The Hall–Kier alpha value is -1.95. The van der Waals surface area contributed by atoms with Gasteiger partial charge in [0.2, 0.25) is 0 Å². The van der Waals surface area contributed by atoms with Crippen molar-refractivity contribution >= 4 is 30.2 Å². The molecule has 0 radical (unpaired) electrons. The molecule has 1 aliphatic rings. The van der Waals surface area contributed by atoms with Crippen LogP contribution in [0.2, 0.25) is 0 Å². The van der Waals surface area contributed by atoms with Gasteiger partial charge in [-0.2, -0.15) is 0 Å². The molecule has 0 spiro atoms. The molecule has 1 heterocycles. The molecule has 0 aliphatic carbocycles. The molecule has 1 saturated heterocycles. The Morgan fingerprint density at radius 1 is 0.955 bits per heavy atom. The molecule has 1 aromatic rings. The van der Waals surface area contributed by atoms with E-state index in [0.717, 1.165) is 18.0 Å². The van der Waals surface area contributed by atoms with Gasteiger partial charge in [-0.05, 0) is 12.1 Å². The Morgan fingerprint density at radius 2 is 1.50 bits per heavy atom. The average Bonchev–Trinajstić information content (AvgIpc) is 2.53. The molecule has 6 nitrogen and oxygen atoms in total. The molecular weight excluding hydrogens is 304 g/mol. The molecule has 122 valence electrons. The first-order chi connectivity index (χ1) is 10.0. The number of halogens is 1. The van der Waals surface area contributed by atoms with Crippen LogP contribution in [-0.4, -0.2) is 74.1 Å². The highest BCUT2D eigenvalue weighted by Gasteiger charge is 2.27. The van der Waals surface area contributed by atoms with Crippen molar-refractivity contribution in [1.82, 2.24) is 14.7 Å². The van der Waals surface area contributed by atoms with Gasteiger partial charge in [0, 0.05) is 53.0 Å². The summed E-state index contributed by atoms with van der Waals surface area (Å²) in [7, 11) is 4.80. The number of nitrogens with zero attached hydrogens (tertiary/aromatic N) is 4. The smallest absolute Gasteiger partial charge is 0.328 e. The molecule has 4 amide bonds. The maximum absolute atomic E-state index is 12.3. The minimum atomic E-state index is -0.300. The maximum Gasteiger partial charge on any atom is 0.328 e. The van der Waals surface area contributed by atoms with Gasteiger partial charge in [0.25, 0.3) is 0 Å². The van der Waals surface area contributed by atoms with E-state index < -0.39 is 0 Å². The molecule has 0 bridgehead atoms. The van der Waals surface area contributed by atoms with E-state index in [1.54, 1.807) is 19.0 Å². The number of rotatable bonds is 1. The molecule has 0 atom stereocenters. The third kappa shape index (κ3) is 4.04. The SMILES string of the molecule is CN(C)C(=O)N(C)C(=O)N1CCN(c2ccccc2)CC1.Cl. The lowest BCUT2D eigenvalue weighted by Gasteiger charge is -2.37. The fourth-order valence-corrected chi connectivity index (χ4v) is 2.39. The van der Waals surface area contributed by atoms with Crippen LogP contribution < -0.4 is 4.90 Å². The van der Waals surface area contributed by atoms with Crippen molar-refractivity contribution in [2.75, 3.05) is 52.2 Å². The van der Waals surface area contributed by atoms with Gasteiger partial charge in [0.05, 0.1) is 0 Å². The fourth-order valence-electron chi connectivity index (χ4n) is 2.39. The number of carbonyl (C=O) groups is 2. The maximum atomic E-state index is 12.3. The fraction of sp³-hybridized carbons (Fsp3) is 0.467. The highest BCUT2D eigenvalue weighted by Crippen LogP contribution is 2.16. The largest absolute Gasteiger partial charge is 0.368 e. The van der Waals surface area contributed by atoms with E-state index in [-0.39, 0.29) is 24.5 Å². The van der Waals surface area contributed by atoms with Crippen molar-refractivity contribution in [2.45, 2.75) is 0 Å². The molecular formula is C15H23ClN4O2. The summed E-state index contributed by atoms with van der Waals surface area (Å²) in [4.78, 5) is 30.6. The zero-order valence-electron chi connectivity index (χ0n) is 13.2. The van der Waals surface area contributed by atoms with E-state index in [1.807, 2.05) is 18.2 Å². The number of benzene rings is 1. The summed E-state index contributed by atoms with van der Waals surface area (Å²) in [6.07, 6.45) is 0. The third-order valence-electron chi connectivity index (χ3n) is 3.63. The highest BCUT2D eigenvalue weighted by atomic mass is 35.5. The van der Waals surface area contributed by atoms with Crippen LogP contribution in [0.25, 0.3) is 0 Å². The molecule has 7 heteroatoms. The highest BCUT2D eigenvalue weighted by molar-refractivity contribution is 5.93. The molecule has 0 unspecified atom stereocenters. The first-order valence-corrected chi connectivity index (χ1v) is 7.04. The van der Waals surface area contributed by atoms with Crippen LogP contribution >= 0.6 is 12.4 Å². The molecule has 22 heavy (non-hydrogen) atoms. The predicted molar refractivity (Wildman–Crippen MR) is 89.7 cm³/mol. The lowest BCUT2D eigenvalue weighted by atomic mass is 10.2. The number of urea groups is 2. The number of hydrogen-bond acceptors (Lipinski definition) is 3. The summed E-state index contributed by atoms with van der Waals surface area (Å²) >= 11 is 0. The number of imide groups is 1. The topological polar surface area (TPSA) is 47.1 Å². The number of para-hydroxylation sites is 1. The Kier molecular flexibility index (Phi) is 6.49. The summed E-state index contributed by atoms with van der Waals surface area (Å²) in [5, 5.41) is 0. The van der Waals surface area contributed by atoms with Crippen LogP contribution in [0.3, 0.4) is 0 Å². The standard InChI is InChI=1S/C15H22N4O2.ClH/c1-16(2)14(20)17(3)15(21)19-11-9-18(10-12-19)13-7-5-4-6-8-13;/h4-8H,9-12H2,1-3H3;1H. The van der Waals surface area contributed by atoms with Crippen molar-refractivity contribution in [1.29, 1.82) is 0 Å². The van der Waals surface area contributed by atoms with E-state index in [0.29, 0.717) is 13.1 Å². The van der Waals surface area contributed by atoms with Gasteiger partial charge in [-0.3, -0.25) is 0 Å². The van der Waals surface area contributed by atoms with Crippen LogP contribution in [0.15, 0.2) is 30.3 Å². The monoisotopic (exact) mass is 326 g/mol. The van der Waals surface area contributed by atoms with Gasteiger partial charge in [-0.1, -0.05) is 18.2 Å². The van der Waals surface area contributed by atoms with Gasteiger partial charge in [0.15, 0.2) is 0 Å². The summed E-state index contributed by atoms with van der Waals surface area (Å²) in [6, 6.07) is 9.61. The van der Waals surface area contributed by atoms with Gasteiger partial charge >= 0.3 is 12.1 Å². The Balaban J connectivity index is 0.00000242. The van der Waals surface area contributed by atoms with Crippen LogP contribution in [0.5, 0.6) is 0 Å². The van der Waals surface area contributed by atoms with Gasteiger partial charge < -0.3 is 14.7 Å². The predicted octanol–water partition coefficient (Wildman–Crippen LogP) is 1.96. The van der Waals surface area contributed by atoms with Crippen LogP contribution in [0, 0.1) is 0 Å². The van der Waals surface area contributed by atoms with Gasteiger partial charge in [-0.15, -0.1) is 12.4 Å². The third-order valence-corrected chi connectivity index (χ3v) is 3.63. The molecule has 1 aromatic carbocycles. The summed E-state index contributed by atoms with van der Waals surface area (Å²) in [5.74, 6) is 0. The minimum Gasteiger partial charge on any atom is -0.368 e. The summed E-state index contributed by atoms with van der Waals surface area (Å²) in [6.45, 7) is 2.80.